The van der Waals surface area contributed by atoms with Crippen LogP contribution in [0.4, 0.5) is 5.82 Å². The van der Waals surface area contributed by atoms with Crippen molar-refractivity contribution in [2.45, 2.75) is 32.6 Å². The largest absolute Gasteiger partial charge is 0.495 e. The van der Waals surface area contributed by atoms with Gasteiger partial charge in [-0.25, -0.2) is 4.98 Å². The third-order valence-corrected chi connectivity index (χ3v) is 3.81. The van der Waals surface area contributed by atoms with Crippen LogP contribution in [0.2, 0.25) is 0 Å². The molecule has 0 aromatic carbocycles. The molecule has 0 radical (unpaired) electrons. The molecule has 1 saturated carbocycles. The fraction of sp³-hybridized carbons (Fsp3) is 0.643. The average Bonchev–Trinajstić information content (AvgIpc) is 2.38. The third kappa shape index (κ3) is 3.35. The summed E-state index contributed by atoms with van der Waals surface area (Å²) in [4.78, 5) is 4.32. The van der Waals surface area contributed by atoms with E-state index in [-0.39, 0.29) is 0 Å². The minimum atomic E-state index is 0.799. The lowest BCUT2D eigenvalue weighted by molar-refractivity contribution is 0.268. The van der Waals surface area contributed by atoms with E-state index in [1.165, 1.54) is 25.7 Å². The van der Waals surface area contributed by atoms with Crippen molar-refractivity contribution in [1.29, 1.82) is 0 Å². The summed E-state index contributed by atoms with van der Waals surface area (Å²) in [5, 5.41) is 3.43. The van der Waals surface area contributed by atoms with Crippen molar-refractivity contribution in [3.63, 3.8) is 0 Å². The number of rotatable bonds is 4. The molecule has 17 heavy (non-hydrogen) atoms. The Hall–Kier alpha value is -1.25. The Balaban J connectivity index is 1.84. The van der Waals surface area contributed by atoms with Crippen LogP contribution in [0.25, 0.3) is 0 Å². The Bertz CT molecular complexity index is 337. The van der Waals surface area contributed by atoms with E-state index < -0.39 is 0 Å². The molecule has 2 rings (SSSR count). The molecular formula is C14H22N2O. The predicted octanol–water partition coefficient (Wildman–Crippen LogP) is 3.33. The molecule has 1 aliphatic carbocycles. The smallest absolute Gasteiger partial charge is 0.137 e. The fourth-order valence-electron chi connectivity index (χ4n) is 2.54. The maximum absolute atomic E-state index is 5.09. The average molecular weight is 234 g/mol. The van der Waals surface area contributed by atoms with Gasteiger partial charge in [0.25, 0.3) is 0 Å². The highest BCUT2D eigenvalue weighted by molar-refractivity contribution is 5.37. The Kier molecular flexibility index (Phi) is 4.24. The van der Waals surface area contributed by atoms with Crippen LogP contribution in [-0.2, 0) is 0 Å². The molecule has 1 heterocycles. The van der Waals surface area contributed by atoms with Gasteiger partial charge >= 0.3 is 0 Å². The highest BCUT2D eigenvalue weighted by atomic mass is 16.5. The van der Waals surface area contributed by atoms with Crippen molar-refractivity contribution in [2.75, 3.05) is 19.0 Å². The lowest BCUT2D eigenvalue weighted by Crippen LogP contribution is -2.24. The van der Waals surface area contributed by atoms with Gasteiger partial charge in [-0.15, -0.1) is 0 Å². The Morgan fingerprint density at radius 1 is 1.35 bits per heavy atom. The van der Waals surface area contributed by atoms with E-state index in [4.69, 9.17) is 4.74 Å². The van der Waals surface area contributed by atoms with Crippen LogP contribution in [0, 0.1) is 11.8 Å². The SMILES string of the molecule is COc1ccc(NCC2CCCCC2C)nc1. The number of anilines is 1. The van der Waals surface area contributed by atoms with E-state index >= 15 is 0 Å². The molecular weight excluding hydrogens is 212 g/mol. The number of nitrogens with zero attached hydrogens (tertiary/aromatic N) is 1. The van der Waals surface area contributed by atoms with E-state index in [1.807, 2.05) is 12.1 Å². The summed E-state index contributed by atoms with van der Waals surface area (Å²) in [7, 11) is 1.66. The second-order valence-electron chi connectivity index (χ2n) is 4.99. The molecule has 1 aliphatic rings. The van der Waals surface area contributed by atoms with Crippen LogP contribution in [0.5, 0.6) is 5.75 Å². The molecule has 0 bridgehead atoms. The number of pyridine rings is 1. The van der Waals surface area contributed by atoms with Crippen molar-refractivity contribution in [3.8, 4) is 5.75 Å². The number of ether oxygens (including phenoxy) is 1. The summed E-state index contributed by atoms with van der Waals surface area (Å²) in [6.07, 6.45) is 7.27. The van der Waals surface area contributed by atoms with Gasteiger partial charge in [-0.05, 0) is 30.4 Å². The highest BCUT2D eigenvalue weighted by Crippen LogP contribution is 2.29. The summed E-state index contributed by atoms with van der Waals surface area (Å²) in [5.74, 6) is 3.40. The summed E-state index contributed by atoms with van der Waals surface area (Å²) in [6.45, 7) is 3.41. The van der Waals surface area contributed by atoms with Gasteiger partial charge in [0, 0.05) is 6.54 Å². The number of nitrogens with one attached hydrogen (secondary N) is 1. The van der Waals surface area contributed by atoms with Crippen molar-refractivity contribution in [2.24, 2.45) is 11.8 Å². The number of aromatic nitrogens is 1. The minimum absolute atomic E-state index is 0.799. The molecule has 2 atom stereocenters. The first-order valence-electron chi connectivity index (χ1n) is 6.53. The zero-order valence-electron chi connectivity index (χ0n) is 10.8. The summed E-state index contributed by atoms with van der Waals surface area (Å²) < 4.78 is 5.09. The van der Waals surface area contributed by atoms with E-state index in [0.29, 0.717) is 0 Å². The van der Waals surface area contributed by atoms with Crippen LogP contribution in [0.1, 0.15) is 32.6 Å². The fourth-order valence-corrected chi connectivity index (χ4v) is 2.54. The summed E-state index contributed by atoms with van der Waals surface area (Å²) >= 11 is 0. The third-order valence-electron chi connectivity index (χ3n) is 3.81. The number of methoxy groups -OCH3 is 1. The van der Waals surface area contributed by atoms with Gasteiger partial charge in [-0.2, -0.15) is 0 Å². The zero-order chi connectivity index (χ0) is 12.1. The molecule has 1 aromatic heterocycles. The molecule has 2 unspecified atom stereocenters. The quantitative estimate of drug-likeness (QED) is 0.867. The normalized spacial score (nSPS) is 24.4. The van der Waals surface area contributed by atoms with Crippen molar-refractivity contribution < 1.29 is 4.74 Å². The molecule has 0 aliphatic heterocycles. The predicted molar refractivity (Wildman–Crippen MR) is 70.4 cm³/mol. The molecule has 3 heteroatoms. The maximum atomic E-state index is 5.09. The molecule has 1 aromatic rings. The first-order valence-corrected chi connectivity index (χ1v) is 6.53. The second kappa shape index (κ2) is 5.89. The molecule has 94 valence electrons. The number of hydrogen-bond donors (Lipinski definition) is 1. The molecule has 0 amide bonds. The summed E-state index contributed by atoms with van der Waals surface area (Å²) in [5.41, 5.74) is 0. The van der Waals surface area contributed by atoms with E-state index in [9.17, 15) is 0 Å². The topological polar surface area (TPSA) is 34.1 Å². The number of hydrogen-bond acceptors (Lipinski definition) is 3. The van der Waals surface area contributed by atoms with E-state index in [0.717, 1.165) is 29.9 Å². The van der Waals surface area contributed by atoms with Crippen LogP contribution in [0.15, 0.2) is 18.3 Å². The van der Waals surface area contributed by atoms with E-state index in [2.05, 4.69) is 17.2 Å². The Morgan fingerprint density at radius 2 is 2.18 bits per heavy atom. The van der Waals surface area contributed by atoms with Crippen LogP contribution >= 0.6 is 0 Å². The molecule has 3 nitrogen and oxygen atoms in total. The van der Waals surface area contributed by atoms with Crippen molar-refractivity contribution >= 4 is 5.82 Å². The second-order valence-corrected chi connectivity index (χ2v) is 4.99. The van der Waals surface area contributed by atoms with Gasteiger partial charge in [0.05, 0.1) is 13.3 Å². The lowest BCUT2D eigenvalue weighted by atomic mass is 9.80. The van der Waals surface area contributed by atoms with Gasteiger partial charge in [0.15, 0.2) is 0 Å². The van der Waals surface area contributed by atoms with E-state index in [1.54, 1.807) is 13.3 Å². The van der Waals surface area contributed by atoms with Gasteiger partial charge in [-0.1, -0.05) is 26.2 Å². The van der Waals surface area contributed by atoms with Crippen LogP contribution in [-0.4, -0.2) is 18.6 Å². The van der Waals surface area contributed by atoms with Gasteiger partial charge < -0.3 is 10.1 Å². The van der Waals surface area contributed by atoms with Gasteiger partial charge in [0.1, 0.15) is 11.6 Å². The van der Waals surface area contributed by atoms with Crippen LogP contribution in [0.3, 0.4) is 0 Å². The lowest BCUT2D eigenvalue weighted by Gasteiger charge is -2.28. The van der Waals surface area contributed by atoms with Crippen molar-refractivity contribution in [3.05, 3.63) is 18.3 Å². The molecule has 0 saturated heterocycles. The first-order chi connectivity index (χ1) is 8.29. The maximum Gasteiger partial charge on any atom is 0.137 e. The molecule has 1 N–H and O–H groups in total. The van der Waals surface area contributed by atoms with Gasteiger partial charge in [-0.3, -0.25) is 0 Å². The molecule has 0 spiro atoms. The standard InChI is InChI=1S/C14H22N2O/c1-11-5-3-4-6-12(11)9-15-14-8-7-13(17-2)10-16-14/h7-8,10-12H,3-6,9H2,1-2H3,(H,15,16). The van der Waals surface area contributed by atoms with Gasteiger partial charge in [0.2, 0.25) is 0 Å². The highest BCUT2D eigenvalue weighted by Gasteiger charge is 2.20. The molecule has 1 fully saturated rings. The Labute approximate surface area is 104 Å². The first kappa shape index (κ1) is 12.2. The minimum Gasteiger partial charge on any atom is -0.495 e. The van der Waals surface area contributed by atoms with Crippen molar-refractivity contribution in [1.82, 2.24) is 4.98 Å². The summed E-state index contributed by atoms with van der Waals surface area (Å²) in [6, 6.07) is 3.92. The van der Waals surface area contributed by atoms with Crippen LogP contribution < -0.4 is 10.1 Å². The monoisotopic (exact) mass is 234 g/mol. The zero-order valence-corrected chi connectivity index (χ0v) is 10.8. The Morgan fingerprint density at radius 3 is 2.82 bits per heavy atom.